The highest BCUT2D eigenvalue weighted by molar-refractivity contribution is 5.81. The lowest BCUT2D eigenvalue weighted by Gasteiger charge is -2.38. The van der Waals surface area contributed by atoms with Gasteiger partial charge in [-0.1, -0.05) is 30.2 Å². The fraction of sp³-hybridized carbons (Fsp3) is 0.579. The third kappa shape index (κ3) is 3.57. The number of rotatable bonds is 3. The third-order valence-electron chi connectivity index (χ3n) is 5.24. The number of hydrogen-bond donors (Lipinski definition) is 0. The van der Waals surface area contributed by atoms with Crippen molar-refractivity contribution in [2.45, 2.75) is 39.5 Å². The maximum absolute atomic E-state index is 12.5. The maximum Gasteiger partial charge on any atom is 0.227 e. The first-order valence-corrected chi connectivity index (χ1v) is 8.67. The number of amides is 2. The second-order valence-corrected chi connectivity index (χ2v) is 6.94. The third-order valence-corrected chi connectivity index (χ3v) is 5.24. The van der Waals surface area contributed by atoms with Crippen molar-refractivity contribution in [2.24, 2.45) is 5.92 Å². The molecule has 2 fully saturated rings. The lowest BCUT2D eigenvalue weighted by atomic mass is 9.84. The molecule has 23 heavy (non-hydrogen) atoms. The van der Waals surface area contributed by atoms with Crippen LogP contribution in [0.5, 0.6) is 0 Å². The molecule has 2 amide bonds. The zero-order chi connectivity index (χ0) is 16.4. The molecule has 1 heterocycles. The second kappa shape index (κ2) is 6.73. The van der Waals surface area contributed by atoms with E-state index in [0.29, 0.717) is 38.5 Å². The van der Waals surface area contributed by atoms with Gasteiger partial charge in [0.25, 0.3) is 0 Å². The van der Waals surface area contributed by atoms with E-state index in [0.717, 1.165) is 18.4 Å². The minimum Gasteiger partial charge on any atom is -0.339 e. The standard InChI is InChI=1S/C19H26N2O2/c1-14-6-7-15(2)17(12-14)13-18(22)20-8-10-21(11-9-20)19(23)16-4-3-5-16/h6-7,12,16H,3-5,8-11,13H2,1-2H3. The van der Waals surface area contributed by atoms with Gasteiger partial charge in [0.1, 0.15) is 0 Å². The Hall–Kier alpha value is -1.84. The Kier molecular flexibility index (Phi) is 4.69. The van der Waals surface area contributed by atoms with Crippen LogP contribution in [0.3, 0.4) is 0 Å². The Labute approximate surface area is 138 Å². The second-order valence-electron chi connectivity index (χ2n) is 6.94. The summed E-state index contributed by atoms with van der Waals surface area (Å²) in [6.07, 6.45) is 3.74. The molecule has 0 bridgehead atoms. The van der Waals surface area contributed by atoms with Gasteiger partial charge in [0.15, 0.2) is 0 Å². The van der Waals surface area contributed by atoms with E-state index in [2.05, 4.69) is 32.0 Å². The van der Waals surface area contributed by atoms with E-state index in [1.54, 1.807) is 0 Å². The van der Waals surface area contributed by atoms with Gasteiger partial charge >= 0.3 is 0 Å². The lowest BCUT2D eigenvalue weighted by molar-refractivity contribution is -0.143. The molecule has 1 aromatic rings. The number of carbonyl (C=O) groups is 2. The summed E-state index contributed by atoms with van der Waals surface area (Å²) < 4.78 is 0. The van der Waals surface area contributed by atoms with E-state index in [-0.39, 0.29) is 11.8 Å². The fourth-order valence-electron chi connectivity index (χ4n) is 3.36. The van der Waals surface area contributed by atoms with Crippen LogP contribution in [0.25, 0.3) is 0 Å². The van der Waals surface area contributed by atoms with E-state index in [4.69, 9.17) is 0 Å². The number of benzene rings is 1. The molecule has 0 atom stereocenters. The summed E-state index contributed by atoms with van der Waals surface area (Å²) in [5.41, 5.74) is 3.47. The van der Waals surface area contributed by atoms with E-state index in [9.17, 15) is 9.59 Å². The van der Waals surface area contributed by atoms with Gasteiger partial charge in [-0.3, -0.25) is 9.59 Å². The van der Waals surface area contributed by atoms with Crippen LogP contribution < -0.4 is 0 Å². The van der Waals surface area contributed by atoms with E-state index < -0.39 is 0 Å². The van der Waals surface area contributed by atoms with Crippen molar-refractivity contribution < 1.29 is 9.59 Å². The van der Waals surface area contributed by atoms with Gasteiger partial charge in [0.05, 0.1) is 6.42 Å². The molecule has 0 aromatic heterocycles. The van der Waals surface area contributed by atoms with Gasteiger partial charge in [-0.15, -0.1) is 0 Å². The molecule has 2 aliphatic rings. The van der Waals surface area contributed by atoms with Gasteiger partial charge in [-0.2, -0.15) is 0 Å². The largest absolute Gasteiger partial charge is 0.339 e. The highest BCUT2D eigenvalue weighted by atomic mass is 16.2. The molecule has 1 aliphatic carbocycles. The summed E-state index contributed by atoms with van der Waals surface area (Å²) in [5.74, 6) is 0.736. The zero-order valence-corrected chi connectivity index (χ0v) is 14.2. The first kappa shape index (κ1) is 16.0. The van der Waals surface area contributed by atoms with Crippen molar-refractivity contribution >= 4 is 11.8 Å². The summed E-state index contributed by atoms with van der Waals surface area (Å²) in [6, 6.07) is 6.25. The summed E-state index contributed by atoms with van der Waals surface area (Å²) in [5, 5.41) is 0. The molecule has 0 unspecified atom stereocenters. The first-order valence-electron chi connectivity index (χ1n) is 8.67. The maximum atomic E-state index is 12.5. The van der Waals surface area contributed by atoms with Gasteiger partial charge in [-0.25, -0.2) is 0 Å². The molecule has 1 aliphatic heterocycles. The monoisotopic (exact) mass is 314 g/mol. The van der Waals surface area contributed by atoms with Gasteiger partial charge in [0, 0.05) is 32.1 Å². The summed E-state index contributed by atoms with van der Waals surface area (Å²) in [6.45, 7) is 6.82. The number of piperazine rings is 1. The van der Waals surface area contributed by atoms with Crippen LogP contribution in [0.1, 0.15) is 36.0 Å². The molecular formula is C19H26N2O2. The molecule has 1 saturated carbocycles. The lowest BCUT2D eigenvalue weighted by Crippen LogP contribution is -2.52. The van der Waals surface area contributed by atoms with E-state index >= 15 is 0 Å². The molecule has 0 radical (unpaired) electrons. The van der Waals surface area contributed by atoms with Gasteiger partial charge in [-0.05, 0) is 37.8 Å². The molecule has 1 saturated heterocycles. The van der Waals surface area contributed by atoms with Crippen LogP contribution in [-0.4, -0.2) is 47.8 Å². The minimum atomic E-state index is 0.175. The minimum absolute atomic E-state index is 0.175. The SMILES string of the molecule is Cc1ccc(C)c(CC(=O)N2CCN(C(=O)C3CCC3)CC2)c1. The Balaban J connectivity index is 1.53. The van der Waals surface area contributed by atoms with Crippen molar-refractivity contribution in [3.8, 4) is 0 Å². The van der Waals surface area contributed by atoms with Gasteiger partial charge < -0.3 is 9.80 Å². The Morgan fingerprint density at radius 3 is 2.30 bits per heavy atom. The van der Waals surface area contributed by atoms with Crippen molar-refractivity contribution in [1.29, 1.82) is 0 Å². The van der Waals surface area contributed by atoms with Crippen molar-refractivity contribution in [2.75, 3.05) is 26.2 Å². The first-order chi connectivity index (χ1) is 11.0. The summed E-state index contributed by atoms with van der Waals surface area (Å²) in [7, 11) is 0. The summed E-state index contributed by atoms with van der Waals surface area (Å²) in [4.78, 5) is 28.6. The Morgan fingerprint density at radius 2 is 1.70 bits per heavy atom. The average Bonchev–Trinajstić information content (AvgIpc) is 2.49. The van der Waals surface area contributed by atoms with Gasteiger partial charge in [0.2, 0.25) is 11.8 Å². The summed E-state index contributed by atoms with van der Waals surface area (Å²) >= 11 is 0. The molecule has 1 aromatic carbocycles. The van der Waals surface area contributed by atoms with E-state index in [1.807, 2.05) is 9.80 Å². The molecular weight excluding hydrogens is 288 g/mol. The highest BCUT2D eigenvalue weighted by Crippen LogP contribution is 2.28. The number of nitrogens with zero attached hydrogens (tertiary/aromatic N) is 2. The predicted molar refractivity (Wildman–Crippen MR) is 90.1 cm³/mol. The molecule has 4 nitrogen and oxygen atoms in total. The van der Waals surface area contributed by atoms with Crippen molar-refractivity contribution in [3.05, 3.63) is 34.9 Å². The molecule has 124 valence electrons. The van der Waals surface area contributed by atoms with Crippen LogP contribution >= 0.6 is 0 Å². The van der Waals surface area contributed by atoms with Crippen LogP contribution in [0.15, 0.2) is 18.2 Å². The zero-order valence-electron chi connectivity index (χ0n) is 14.2. The molecule has 0 N–H and O–H groups in total. The molecule has 0 spiro atoms. The molecule has 3 rings (SSSR count). The van der Waals surface area contributed by atoms with Crippen molar-refractivity contribution in [1.82, 2.24) is 9.80 Å². The highest BCUT2D eigenvalue weighted by Gasteiger charge is 2.31. The molecule has 4 heteroatoms. The van der Waals surface area contributed by atoms with Crippen LogP contribution in [0, 0.1) is 19.8 Å². The van der Waals surface area contributed by atoms with Crippen LogP contribution in [0.4, 0.5) is 0 Å². The van der Waals surface area contributed by atoms with Crippen LogP contribution in [0.2, 0.25) is 0 Å². The number of hydrogen-bond acceptors (Lipinski definition) is 2. The quantitative estimate of drug-likeness (QED) is 0.859. The normalized spacial score (nSPS) is 18.7. The number of carbonyl (C=O) groups excluding carboxylic acids is 2. The van der Waals surface area contributed by atoms with E-state index in [1.165, 1.54) is 17.5 Å². The fourth-order valence-corrected chi connectivity index (χ4v) is 3.36. The average molecular weight is 314 g/mol. The predicted octanol–water partition coefficient (Wildman–Crippen LogP) is 2.32. The smallest absolute Gasteiger partial charge is 0.227 e. The van der Waals surface area contributed by atoms with Crippen LogP contribution in [-0.2, 0) is 16.0 Å². The number of aryl methyl sites for hydroxylation is 2. The topological polar surface area (TPSA) is 40.6 Å². The Morgan fingerprint density at radius 1 is 1.04 bits per heavy atom. The van der Waals surface area contributed by atoms with Crippen molar-refractivity contribution in [3.63, 3.8) is 0 Å². The Bertz CT molecular complexity index is 599.